The van der Waals surface area contributed by atoms with Gasteiger partial charge in [0.15, 0.2) is 0 Å². The normalized spacial score (nSPS) is 12.2. The number of hydrogen-bond acceptors (Lipinski definition) is 2. The molecule has 0 saturated heterocycles. The predicted molar refractivity (Wildman–Crippen MR) is 217 cm³/mol. The number of rotatable bonds is 3. The van der Waals surface area contributed by atoms with Crippen molar-refractivity contribution in [1.82, 2.24) is 18.9 Å². The zero-order valence-corrected chi connectivity index (χ0v) is 28.0. The van der Waals surface area contributed by atoms with E-state index in [4.69, 9.17) is 9.97 Å². The van der Waals surface area contributed by atoms with Gasteiger partial charge in [0.2, 0.25) is 5.95 Å². The van der Waals surface area contributed by atoms with Crippen LogP contribution in [-0.2, 0) is 0 Å². The summed E-state index contributed by atoms with van der Waals surface area (Å²) in [7, 11) is 0. The highest BCUT2D eigenvalue weighted by Gasteiger charge is 2.22. The van der Waals surface area contributed by atoms with E-state index in [9.17, 15) is 0 Å². The van der Waals surface area contributed by atoms with Crippen LogP contribution in [0.4, 0.5) is 0 Å². The second-order valence-electron chi connectivity index (χ2n) is 13.8. The Morgan fingerprint density at radius 1 is 0.327 bits per heavy atom. The maximum atomic E-state index is 5.38. The summed E-state index contributed by atoms with van der Waals surface area (Å²) in [5.41, 5.74) is 11.2. The number of hydrogen-bond donors (Lipinski definition) is 0. The van der Waals surface area contributed by atoms with Gasteiger partial charge in [-0.1, -0.05) is 140 Å². The highest BCUT2D eigenvalue weighted by atomic mass is 15.2. The van der Waals surface area contributed by atoms with E-state index in [2.05, 4.69) is 179 Å². The smallest absolute Gasteiger partial charge is 0.235 e. The molecule has 0 aliphatic rings. The standard InChI is InChI=1S/C48H28N4/c1-2-11-29(12-3-1)30-21-23-31(24-22-30)46-36-14-4-7-18-39(36)49-48(50-46)52-41-20-9-6-15-37(41)44-33-25-27-42-45(34(33)26-28-43(44)52)38-17-10-16-35-32-13-5-8-19-40(32)51(42)47(35)38/h1-28H. The van der Waals surface area contributed by atoms with E-state index >= 15 is 0 Å². The van der Waals surface area contributed by atoms with Crippen LogP contribution < -0.4 is 0 Å². The lowest BCUT2D eigenvalue weighted by Gasteiger charge is -2.12. The Kier molecular flexibility index (Phi) is 5.47. The molecule has 0 bridgehead atoms. The SMILES string of the molecule is c1ccc(-c2ccc(-c3nc(-n4c5ccccc5c5c6ccc7c(c6ccc54)c4cccc5c6ccccc6n7c54)nc4ccccc34)cc2)cc1. The molecule has 0 atom stereocenters. The Balaban J connectivity index is 1.13. The summed E-state index contributed by atoms with van der Waals surface area (Å²) in [6.07, 6.45) is 0. The first kappa shape index (κ1) is 27.7. The summed E-state index contributed by atoms with van der Waals surface area (Å²) in [5, 5.41) is 11.1. The molecule has 8 aromatic carbocycles. The fraction of sp³-hybridized carbons (Fsp3) is 0. The van der Waals surface area contributed by atoms with E-state index in [1.807, 2.05) is 0 Å². The third kappa shape index (κ3) is 3.65. The monoisotopic (exact) mass is 660 g/mol. The molecular weight excluding hydrogens is 633 g/mol. The van der Waals surface area contributed by atoms with Crippen molar-refractivity contribution >= 4 is 81.6 Å². The third-order valence-corrected chi connectivity index (χ3v) is 11.1. The van der Waals surface area contributed by atoms with E-state index in [1.54, 1.807) is 0 Å². The van der Waals surface area contributed by atoms with Crippen LogP contribution in [-0.4, -0.2) is 18.9 Å². The molecule has 0 amide bonds. The first-order valence-corrected chi connectivity index (χ1v) is 17.8. The first-order chi connectivity index (χ1) is 25.8. The summed E-state index contributed by atoms with van der Waals surface area (Å²) >= 11 is 0. The molecule has 0 fully saturated rings. The average Bonchev–Trinajstić information content (AvgIpc) is 3.86. The van der Waals surface area contributed by atoms with Gasteiger partial charge in [0.05, 0.1) is 38.8 Å². The number of aromatic nitrogens is 4. The third-order valence-electron chi connectivity index (χ3n) is 11.1. The first-order valence-electron chi connectivity index (χ1n) is 17.8. The van der Waals surface area contributed by atoms with Crippen LogP contribution in [0.1, 0.15) is 0 Å². The maximum Gasteiger partial charge on any atom is 0.235 e. The number of benzene rings is 8. The molecule has 0 saturated carbocycles. The van der Waals surface area contributed by atoms with E-state index in [0.29, 0.717) is 5.95 Å². The molecule has 4 heteroatoms. The Hall–Kier alpha value is -7.04. The molecule has 52 heavy (non-hydrogen) atoms. The molecule has 240 valence electrons. The fourth-order valence-electron chi connectivity index (χ4n) is 8.85. The Morgan fingerprint density at radius 2 is 0.923 bits per heavy atom. The summed E-state index contributed by atoms with van der Waals surface area (Å²) in [5.74, 6) is 0.666. The number of fused-ring (bicyclic) bond motifs is 13. The van der Waals surface area contributed by atoms with Crippen LogP contribution in [0.25, 0.3) is 110 Å². The molecular formula is C48H28N4. The molecule has 0 N–H and O–H groups in total. The van der Waals surface area contributed by atoms with Crippen molar-refractivity contribution < 1.29 is 0 Å². The Morgan fingerprint density at radius 3 is 1.75 bits per heavy atom. The van der Waals surface area contributed by atoms with Crippen molar-refractivity contribution in [3.8, 4) is 28.3 Å². The molecule has 0 radical (unpaired) electrons. The Labute approximate surface area is 297 Å². The molecule has 0 aliphatic carbocycles. The molecule has 0 unspecified atom stereocenters. The van der Waals surface area contributed by atoms with E-state index < -0.39 is 0 Å². The molecule has 4 aromatic heterocycles. The van der Waals surface area contributed by atoms with E-state index in [-0.39, 0.29) is 0 Å². The molecule has 4 heterocycles. The minimum Gasteiger partial charge on any atom is -0.308 e. The van der Waals surface area contributed by atoms with Gasteiger partial charge >= 0.3 is 0 Å². The van der Waals surface area contributed by atoms with Crippen molar-refractivity contribution in [3.63, 3.8) is 0 Å². The minimum absolute atomic E-state index is 0.666. The van der Waals surface area contributed by atoms with Crippen LogP contribution >= 0.6 is 0 Å². The second-order valence-corrected chi connectivity index (χ2v) is 13.8. The largest absolute Gasteiger partial charge is 0.308 e. The van der Waals surface area contributed by atoms with Crippen molar-refractivity contribution in [1.29, 1.82) is 0 Å². The van der Waals surface area contributed by atoms with Crippen LogP contribution in [0.15, 0.2) is 170 Å². The van der Waals surface area contributed by atoms with Crippen LogP contribution in [0, 0.1) is 0 Å². The molecule has 0 spiro atoms. The van der Waals surface area contributed by atoms with Gasteiger partial charge in [-0.3, -0.25) is 4.57 Å². The average molecular weight is 661 g/mol. The molecule has 4 nitrogen and oxygen atoms in total. The highest BCUT2D eigenvalue weighted by molar-refractivity contribution is 6.32. The molecule has 12 rings (SSSR count). The molecule has 12 aromatic rings. The van der Waals surface area contributed by atoms with Gasteiger partial charge in [-0.25, -0.2) is 9.97 Å². The summed E-state index contributed by atoms with van der Waals surface area (Å²) in [4.78, 5) is 10.6. The minimum atomic E-state index is 0.666. The predicted octanol–water partition coefficient (Wildman–Crippen LogP) is 12.4. The van der Waals surface area contributed by atoms with Gasteiger partial charge in [-0.05, 0) is 52.2 Å². The molecule has 0 aliphatic heterocycles. The maximum absolute atomic E-state index is 5.38. The number of para-hydroxylation sites is 4. The summed E-state index contributed by atoms with van der Waals surface area (Å²) < 4.78 is 4.71. The lowest BCUT2D eigenvalue weighted by Crippen LogP contribution is -2.03. The van der Waals surface area contributed by atoms with E-state index in [1.165, 1.54) is 70.8 Å². The van der Waals surface area contributed by atoms with Gasteiger partial charge in [0, 0.05) is 43.3 Å². The highest BCUT2D eigenvalue weighted by Crippen LogP contribution is 2.44. The van der Waals surface area contributed by atoms with Crippen LogP contribution in [0.2, 0.25) is 0 Å². The van der Waals surface area contributed by atoms with Gasteiger partial charge < -0.3 is 4.40 Å². The van der Waals surface area contributed by atoms with Crippen molar-refractivity contribution in [2.75, 3.05) is 0 Å². The zero-order chi connectivity index (χ0) is 33.9. The van der Waals surface area contributed by atoms with Gasteiger partial charge in [0.1, 0.15) is 0 Å². The van der Waals surface area contributed by atoms with Gasteiger partial charge in [-0.15, -0.1) is 0 Å². The van der Waals surface area contributed by atoms with Crippen molar-refractivity contribution in [3.05, 3.63) is 170 Å². The topological polar surface area (TPSA) is 35.1 Å². The van der Waals surface area contributed by atoms with Gasteiger partial charge in [0.25, 0.3) is 0 Å². The zero-order valence-electron chi connectivity index (χ0n) is 28.0. The summed E-state index contributed by atoms with van der Waals surface area (Å²) in [6, 6.07) is 61.0. The van der Waals surface area contributed by atoms with Crippen molar-refractivity contribution in [2.45, 2.75) is 0 Å². The van der Waals surface area contributed by atoms with Crippen LogP contribution in [0.3, 0.4) is 0 Å². The lowest BCUT2D eigenvalue weighted by atomic mass is 9.99. The number of nitrogens with zero attached hydrogens (tertiary/aromatic N) is 4. The Bertz CT molecular complexity index is 3390. The van der Waals surface area contributed by atoms with Gasteiger partial charge in [-0.2, -0.15) is 0 Å². The van der Waals surface area contributed by atoms with E-state index in [0.717, 1.165) is 33.2 Å². The fourth-order valence-corrected chi connectivity index (χ4v) is 8.85. The van der Waals surface area contributed by atoms with Crippen molar-refractivity contribution in [2.24, 2.45) is 0 Å². The summed E-state index contributed by atoms with van der Waals surface area (Å²) in [6.45, 7) is 0. The second kappa shape index (κ2) is 10.3. The quantitative estimate of drug-likeness (QED) is 0.189. The lowest BCUT2D eigenvalue weighted by molar-refractivity contribution is 1.01. The van der Waals surface area contributed by atoms with Crippen LogP contribution in [0.5, 0.6) is 0 Å².